The molecule has 1 aliphatic rings. The second kappa shape index (κ2) is 10.5. The fraction of sp³-hybridized carbons (Fsp3) is 0.360. The van der Waals surface area contributed by atoms with Gasteiger partial charge in [0.15, 0.2) is 0 Å². The molecule has 1 heterocycles. The van der Waals surface area contributed by atoms with E-state index in [4.69, 9.17) is 9.84 Å². The molecule has 3 aromatic rings. The van der Waals surface area contributed by atoms with Crippen molar-refractivity contribution in [2.45, 2.75) is 32.2 Å². The van der Waals surface area contributed by atoms with Crippen molar-refractivity contribution in [1.82, 2.24) is 14.8 Å². The van der Waals surface area contributed by atoms with Gasteiger partial charge in [0.1, 0.15) is 23.8 Å². The highest BCUT2D eigenvalue weighted by atomic mass is 19.1. The quantitative estimate of drug-likeness (QED) is 0.556. The molecular weight excluding hydrogens is 425 g/mol. The average Bonchev–Trinajstić information content (AvgIpc) is 2.81. The summed E-state index contributed by atoms with van der Waals surface area (Å²) in [7, 11) is 0. The monoisotopic (exact) mass is 451 g/mol. The second-order valence-electron chi connectivity index (χ2n) is 8.45. The SMILES string of the molecule is O=C(O)COC[C@H]1CC[C@H](Cn2nc(-c3ccccc3)c(-c3cccc(F)c3)nc2=O)CC1. The lowest BCUT2D eigenvalue weighted by molar-refractivity contribution is -0.142. The molecule has 2 aromatic carbocycles. The Hall–Kier alpha value is -3.39. The van der Waals surface area contributed by atoms with Crippen LogP contribution in [0.1, 0.15) is 25.7 Å². The van der Waals surface area contributed by atoms with Gasteiger partial charge in [0.25, 0.3) is 0 Å². The highest BCUT2D eigenvalue weighted by Crippen LogP contribution is 2.31. The fourth-order valence-electron chi connectivity index (χ4n) is 4.30. The van der Waals surface area contributed by atoms with E-state index in [9.17, 15) is 14.0 Å². The molecule has 1 fully saturated rings. The van der Waals surface area contributed by atoms with Gasteiger partial charge in [-0.1, -0.05) is 42.5 Å². The summed E-state index contributed by atoms with van der Waals surface area (Å²) in [6, 6.07) is 15.5. The second-order valence-corrected chi connectivity index (χ2v) is 8.45. The van der Waals surface area contributed by atoms with Crippen molar-refractivity contribution >= 4 is 5.97 Å². The molecule has 7 nitrogen and oxygen atoms in total. The van der Waals surface area contributed by atoms with E-state index in [0.717, 1.165) is 31.2 Å². The van der Waals surface area contributed by atoms with Crippen molar-refractivity contribution in [3.05, 3.63) is 70.9 Å². The average molecular weight is 451 g/mol. The Labute approximate surface area is 190 Å². The van der Waals surface area contributed by atoms with E-state index in [1.54, 1.807) is 12.1 Å². The molecule has 0 spiro atoms. The molecule has 8 heteroatoms. The van der Waals surface area contributed by atoms with E-state index in [0.29, 0.717) is 36.0 Å². The van der Waals surface area contributed by atoms with Crippen LogP contribution in [0, 0.1) is 17.7 Å². The molecule has 1 saturated carbocycles. The van der Waals surface area contributed by atoms with Gasteiger partial charge in [-0.15, -0.1) is 0 Å². The number of carbonyl (C=O) groups is 1. The molecule has 0 saturated heterocycles. The third-order valence-corrected chi connectivity index (χ3v) is 6.00. The third-order valence-electron chi connectivity index (χ3n) is 6.00. The van der Waals surface area contributed by atoms with Crippen LogP contribution in [-0.4, -0.2) is 39.1 Å². The summed E-state index contributed by atoms with van der Waals surface area (Å²) < 4.78 is 20.5. The van der Waals surface area contributed by atoms with Crippen LogP contribution in [0.15, 0.2) is 59.4 Å². The number of nitrogens with zero attached hydrogens (tertiary/aromatic N) is 3. The van der Waals surface area contributed by atoms with Gasteiger partial charge < -0.3 is 9.84 Å². The maximum absolute atomic E-state index is 13.9. The number of aromatic nitrogens is 3. The zero-order valence-electron chi connectivity index (χ0n) is 18.2. The Morgan fingerprint density at radius 3 is 2.39 bits per heavy atom. The van der Waals surface area contributed by atoms with Crippen LogP contribution in [0.4, 0.5) is 4.39 Å². The predicted octanol–water partition coefficient (Wildman–Crippen LogP) is 4.02. The van der Waals surface area contributed by atoms with Crippen LogP contribution in [-0.2, 0) is 16.1 Å². The summed E-state index contributed by atoms with van der Waals surface area (Å²) in [5, 5.41) is 13.4. The van der Waals surface area contributed by atoms with E-state index in [1.807, 2.05) is 30.3 Å². The third kappa shape index (κ3) is 5.90. The molecule has 0 radical (unpaired) electrons. The summed E-state index contributed by atoms with van der Waals surface area (Å²) in [6.45, 7) is 0.627. The minimum atomic E-state index is -0.961. The number of halogens is 1. The Kier molecular flexibility index (Phi) is 7.24. The molecule has 33 heavy (non-hydrogen) atoms. The van der Waals surface area contributed by atoms with Gasteiger partial charge in [0.05, 0.1) is 6.61 Å². The first-order chi connectivity index (χ1) is 16.0. The summed E-state index contributed by atoms with van der Waals surface area (Å²) >= 11 is 0. The van der Waals surface area contributed by atoms with Crippen molar-refractivity contribution in [1.29, 1.82) is 0 Å². The lowest BCUT2D eigenvalue weighted by Crippen LogP contribution is -2.31. The topological polar surface area (TPSA) is 94.3 Å². The lowest BCUT2D eigenvalue weighted by Gasteiger charge is -2.28. The van der Waals surface area contributed by atoms with Crippen molar-refractivity contribution in [3.8, 4) is 22.5 Å². The minimum absolute atomic E-state index is 0.273. The van der Waals surface area contributed by atoms with Crippen molar-refractivity contribution in [2.24, 2.45) is 11.8 Å². The van der Waals surface area contributed by atoms with Crippen molar-refractivity contribution in [2.75, 3.05) is 13.2 Å². The number of hydrogen-bond acceptors (Lipinski definition) is 5. The van der Waals surface area contributed by atoms with Gasteiger partial charge in [-0.05, 0) is 49.7 Å². The first kappa shape index (κ1) is 22.8. The zero-order valence-corrected chi connectivity index (χ0v) is 18.2. The molecule has 0 aliphatic heterocycles. The summed E-state index contributed by atoms with van der Waals surface area (Å²) in [6.07, 6.45) is 3.64. The molecule has 1 N–H and O–H groups in total. The van der Waals surface area contributed by atoms with Gasteiger partial charge >= 0.3 is 11.7 Å². The molecule has 0 bridgehead atoms. The summed E-state index contributed by atoms with van der Waals surface area (Å²) in [5.41, 5.74) is 1.75. The van der Waals surface area contributed by atoms with Crippen LogP contribution >= 0.6 is 0 Å². The van der Waals surface area contributed by atoms with Crippen LogP contribution in [0.5, 0.6) is 0 Å². The number of benzene rings is 2. The van der Waals surface area contributed by atoms with Crippen molar-refractivity contribution < 1.29 is 19.0 Å². The number of ether oxygens (including phenoxy) is 1. The molecule has 1 aliphatic carbocycles. The Balaban J connectivity index is 1.54. The number of hydrogen-bond donors (Lipinski definition) is 1. The molecule has 4 rings (SSSR count). The Morgan fingerprint density at radius 2 is 1.70 bits per heavy atom. The van der Waals surface area contributed by atoms with Crippen LogP contribution in [0.3, 0.4) is 0 Å². The maximum Gasteiger partial charge on any atom is 0.364 e. The zero-order chi connectivity index (χ0) is 23.2. The predicted molar refractivity (Wildman–Crippen MR) is 121 cm³/mol. The summed E-state index contributed by atoms with van der Waals surface area (Å²) in [4.78, 5) is 27.7. The number of aliphatic carboxylic acids is 1. The van der Waals surface area contributed by atoms with Gasteiger partial charge in [0, 0.05) is 17.7 Å². The van der Waals surface area contributed by atoms with Gasteiger partial charge in [-0.25, -0.2) is 18.7 Å². The molecular formula is C25H26FN3O4. The Bertz CT molecular complexity index is 1160. The van der Waals surface area contributed by atoms with E-state index in [-0.39, 0.29) is 12.5 Å². The van der Waals surface area contributed by atoms with Crippen LogP contribution < -0.4 is 5.69 Å². The summed E-state index contributed by atoms with van der Waals surface area (Å²) in [5.74, 6) is -0.755. The van der Waals surface area contributed by atoms with Gasteiger partial charge in [-0.2, -0.15) is 10.1 Å². The fourth-order valence-corrected chi connectivity index (χ4v) is 4.30. The number of carboxylic acids is 1. The lowest BCUT2D eigenvalue weighted by atomic mass is 9.82. The highest BCUT2D eigenvalue weighted by Gasteiger charge is 2.24. The molecule has 0 atom stereocenters. The first-order valence-corrected chi connectivity index (χ1v) is 11.1. The van der Waals surface area contributed by atoms with Crippen LogP contribution in [0.2, 0.25) is 0 Å². The molecule has 1 aromatic heterocycles. The van der Waals surface area contributed by atoms with E-state index >= 15 is 0 Å². The van der Waals surface area contributed by atoms with E-state index < -0.39 is 17.5 Å². The van der Waals surface area contributed by atoms with Crippen LogP contribution in [0.25, 0.3) is 22.5 Å². The molecule has 172 valence electrons. The smallest absolute Gasteiger partial charge is 0.364 e. The normalized spacial score (nSPS) is 18.2. The largest absolute Gasteiger partial charge is 0.480 e. The van der Waals surface area contributed by atoms with Gasteiger partial charge in [-0.3, -0.25) is 0 Å². The molecule has 0 amide bonds. The maximum atomic E-state index is 13.9. The number of carboxylic acid groups (broad SMARTS) is 1. The molecule has 0 unspecified atom stereocenters. The van der Waals surface area contributed by atoms with Crippen molar-refractivity contribution in [3.63, 3.8) is 0 Å². The van der Waals surface area contributed by atoms with Gasteiger partial charge in [0.2, 0.25) is 0 Å². The van der Waals surface area contributed by atoms with E-state index in [2.05, 4.69) is 10.1 Å². The minimum Gasteiger partial charge on any atom is -0.480 e. The standard InChI is InChI=1S/C25H26FN3O4/c26-21-8-4-7-20(13-21)23-24(19-5-2-1-3-6-19)28-29(25(32)27-23)14-17-9-11-18(12-10-17)15-33-16-22(30)31/h1-8,13,17-18H,9-12,14-16H2,(H,30,31)/t17-,18-. The Morgan fingerprint density at radius 1 is 1.00 bits per heavy atom. The highest BCUT2D eigenvalue weighted by molar-refractivity contribution is 5.77. The first-order valence-electron chi connectivity index (χ1n) is 11.1. The van der Waals surface area contributed by atoms with E-state index in [1.165, 1.54) is 16.8 Å². The number of rotatable bonds is 8.